The maximum Gasteiger partial charge on any atom is 0.124 e. The van der Waals surface area contributed by atoms with Crippen molar-refractivity contribution in [2.75, 3.05) is 6.54 Å². The van der Waals surface area contributed by atoms with Gasteiger partial charge in [0.1, 0.15) is 5.82 Å². The van der Waals surface area contributed by atoms with Crippen molar-refractivity contribution in [1.29, 1.82) is 0 Å². The lowest BCUT2D eigenvalue weighted by atomic mass is 9.65. The maximum absolute atomic E-state index is 13.5. The second-order valence-electron chi connectivity index (χ2n) is 6.64. The van der Waals surface area contributed by atoms with Crippen molar-refractivity contribution < 1.29 is 4.39 Å². The SMILES string of the molecule is CC1(C)CCC(CN)C(Cc2cc(F)cc(Br)c2)C1. The summed E-state index contributed by atoms with van der Waals surface area (Å²) in [4.78, 5) is 0. The summed E-state index contributed by atoms with van der Waals surface area (Å²) >= 11 is 3.37. The number of halogens is 2. The molecule has 0 radical (unpaired) electrons. The van der Waals surface area contributed by atoms with Crippen LogP contribution >= 0.6 is 15.9 Å². The number of nitrogens with two attached hydrogens (primary N) is 1. The minimum atomic E-state index is -0.163. The molecule has 1 saturated carbocycles. The van der Waals surface area contributed by atoms with E-state index in [1.807, 2.05) is 6.07 Å². The third-order valence-electron chi connectivity index (χ3n) is 4.40. The predicted octanol–water partition coefficient (Wildman–Crippen LogP) is 4.53. The van der Waals surface area contributed by atoms with Crippen LogP contribution in [0, 0.1) is 23.1 Å². The van der Waals surface area contributed by atoms with Crippen molar-refractivity contribution in [3.63, 3.8) is 0 Å². The molecule has 1 nitrogen and oxygen atoms in total. The molecule has 1 aliphatic carbocycles. The van der Waals surface area contributed by atoms with Crippen molar-refractivity contribution in [2.45, 2.75) is 39.5 Å². The molecule has 0 saturated heterocycles. The van der Waals surface area contributed by atoms with E-state index in [1.54, 1.807) is 6.07 Å². The van der Waals surface area contributed by atoms with Crippen molar-refractivity contribution >= 4 is 15.9 Å². The first-order chi connectivity index (χ1) is 8.89. The van der Waals surface area contributed by atoms with E-state index in [0.29, 0.717) is 17.3 Å². The largest absolute Gasteiger partial charge is 0.330 e. The van der Waals surface area contributed by atoms with E-state index < -0.39 is 0 Å². The van der Waals surface area contributed by atoms with E-state index in [0.717, 1.165) is 23.0 Å². The van der Waals surface area contributed by atoms with E-state index in [-0.39, 0.29) is 5.82 Å². The standard InChI is InChI=1S/C16H23BrFN/c1-16(2)4-3-12(10-19)13(9-16)5-11-6-14(17)8-15(18)7-11/h6-8,12-13H,3-5,9-10,19H2,1-2H3. The highest BCUT2D eigenvalue weighted by atomic mass is 79.9. The Bertz CT molecular complexity index is 424. The summed E-state index contributed by atoms with van der Waals surface area (Å²) in [6.45, 7) is 5.40. The minimum Gasteiger partial charge on any atom is -0.330 e. The Labute approximate surface area is 123 Å². The Morgan fingerprint density at radius 2 is 2.05 bits per heavy atom. The summed E-state index contributed by atoms with van der Waals surface area (Å²) in [6.07, 6.45) is 4.56. The Kier molecular flexibility index (Phi) is 4.67. The summed E-state index contributed by atoms with van der Waals surface area (Å²) in [5.41, 5.74) is 7.38. The zero-order chi connectivity index (χ0) is 14.0. The molecule has 0 amide bonds. The summed E-state index contributed by atoms with van der Waals surface area (Å²) in [6, 6.07) is 5.19. The van der Waals surface area contributed by atoms with Gasteiger partial charge in [-0.25, -0.2) is 4.39 Å². The summed E-state index contributed by atoms with van der Waals surface area (Å²) in [5.74, 6) is 0.987. The van der Waals surface area contributed by atoms with Crippen molar-refractivity contribution in [1.82, 2.24) is 0 Å². The van der Waals surface area contributed by atoms with E-state index in [4.69, 9.17) is 5.73 Å². The van der Waals surface area contributed by atoms with Gasteiger partial charge in [0, 0.05) is 4.47 Å². The molecule has 2 N–H and O–H groups in total. The lowest BCUT2D eigenvalue weighted by Gasteiger charge is -2.40. The fourth-order valence-electron chi connectivity index (χ4n) is 3.37. The fraction of sp³-hybridized carbons (Fsp3) is 0.625. The predicted molar refractivity (Wildman–Crippen MR) is 81.5 cm³/mol. The van der Waals surface area contributed by atoms with Crippen molar-refractivity contribution in [3.8, 4) is 0 Å². The van der Waals surface area contributed by atoms with Gasteiger partial charge in [-0.05, 0) is 73.2 Å². The second-order valence-corrected chi connectivity index (χ2v) is 7.56. The zero-order valence-electron chi connectivity index (χ0n) is 11.8. The molecule has 1 fully saturated rings. The average Bonchev–Trinajstić information content (AvgIpc) is 2.26. The first kappa shape index (κ1) is 15.0. The average molecular weight is 328 g/mol. The fourth-order valence-corrected chi connectivity index (χ4v) is 3.88. The molecule has 0 bridgehead atoms. The molecule has 106 valence electrons. The van der Waals surface area contributed by atoms with Crippen molar-refractivity contribution in [3.05, 3.63) is 34.1 Å². The summed E-state index contributed by atoms with van der Waals surface area (Å²) in [5, 5.41) is 0. The normalized spacial score (nSPS) is 26.4. The molecule has 2 unspecified atom stereocenters. The van der Waals surface area contributed by atoms with E-state index in [2.05, 4.69) is 29.8 Å². The Hall–Kier alpha value is -0.410. The van der Waals surface area contributed by atoms with Gasteiger partial charge < -0.3 is 5.73 Å². The lowest BCUT2D eigenvalue weighted by Crippen LogP contribution is -2.35. The molecular formula is C16H23BrFN. The number of hydrogen-bond donors (Lipinski definition) is 1. The molecule has 1 aromatic carbocycles. The van der Waals surface area contributed by atoms with E-state index in [1.165, 1.54) is 25.3 Å². The molecule has 2 rings (SSSR count). The zero-order valence-corrected chi connectivity index (χ0v) is 13.3. The van der Waals surface area contributed by atoms with Crippen LogP contribution in [-0.4, -0.2) is 6.54 Å². The summed E-state index contributed by atoms with van der Waals surface area (Å²) < 4.78 is 14.3. The van der Waals surface area contributed by atoms with Gasteiger partial charge in [-0.15, -0.1) is 0 Å². The van der Waals surface area contributed by atoms with Crippen molar-refractivity contribution in [2.24, 2.45) is 23.0 Å². The molecular weight excluding hydrogens is 305 g/mol. The maximum atomic E-state index is 13.5. The molecule has 0 aliphatic heterocycles. The smallest absolute Gasteiger partial charge is 0.124 e. The first-order valence-electron chi connectivity index (χ1n) is 7.05. The highest BCUT2D eigenvalue weighted by Crippen LogP contribution is 2.42. The third kappa shape index (κ3) is 4.03. The molecule has 3 heteroatoms. The quantitative estimate of drug-likeness (QED) is 0.867. The number of hydrogen-bond acceptors (Lipinski definition) is 1. The van der Waals surface area contributed by atoms with Gasteiger partial charge in [-0.1, -0.05) is 29.8 Å². The number of rotatable bonds is 3. The van der Waals surface area contributed by atoms with Crippen LogP contribution in [0.25, 0.3) is 0 Å². The van der Waals surface area contributed by atoms with Gasteiger partial charge in [-0.2, -0.15) is 0 Å². The van der Waals surface area contributed by atoms with Crippen LogP contribution in [0.3, 0.4) is 0 Å². The van der Waals surface area contributed by atoms with Crippen LogP contribution in [0.5, 0.6) is 0 Å². The van der Waals surface area contributed by atoms with Gasteiger partial charge in [0.05, 0.1) is 0 Å². The molecule has 2 atom stereocenters. The lowest BCUT2D eigenvalue weighted by molar-refractivity contribution is 0.121. The highest BCUT2D eigenvalue weighted by Gasteiger charge is 2.34. The molecule has 1 aromatic rings. The molecule has 0 aromatic heterocycles. The Morgan fingerprint density at radius 1 is 1.32 bits per heavy atom. The Balaban J connectivity index is 2.14. The van der Waals surface area contributed by atoms with Crippen LogP contribution in [0.2, 0.25) is 0 Å². The Morgan fingerprint density at radius 3 is 2.68 bits per heavy atom. The van der Waals surface area contributed by atoms with Crippen LogP contribution in [0.15, 0.2) is 22.7 Å². The molecule has 0 spiro atoms. The van der Waals surface area contributed by atoms with Gasteiger partial charge in [0.2, 0.25) is 0 Å². The monoisotopic (exact) mass is 327 g/mol. The second kappa shape index (κ2) is 5.92. The third-order valence-corrected chi connectivity index (χ3v) is 4.85. The topological polar surface area (TPSA) is 26.0 Å². The molecule has 0 heterocycles. The summed E-state index contributed by atoms with van der Waals surface area (Å²) in [7, 11) is 0. The van der Waals surface area contributed by atoms with Crippen LogP contribution < -0.4 is 5.73 Å². The number of benzene rings is 1. The van der Waals surface area contributed by atoms with Gasteiger partial charge >= 0.3 is 0 Å². The highest BCUT2D eigenvalue weighted by molar-refractivity contribution is 9.10. The molecule has 1 aliphatic rings. The molecule has 19 heavy (non-hydrogen) atoms. The first-order valence-corrected chi connectivity index (χ1v) is 7.84. The van der Waals surface area contributed by atoms with Crippen LogP contribution in [0.4, 0.5) is 4.39 Å². The van der Waals surface area contributed by atoms with Crippen LogP contribution in [0.1, 0.15) is 38.7 Å². The van der Waals surface area contributed by atoms with E-state index >= 15 is 0 Å². The minimum absolute atomic E-state index is 0.163. The van der Waals surface area contributed by atoms with Gasteiger partial charge in [0.15, 0.2) is 0 Å². The van der Waals surface area contributed by atoms with E-state index in [9.17, 15) is 4.39 Å². The van der Waals surface area contributed by atoms with Gasteiger partial charge in [-0.3, -0.25) is 0 Å². The van der Waals surface area contributed by atoms with Gasteiger partial charge in [0.25, 0.3) is 0 Å². The van der Waals surface area contributed by atoms with Crippen LogP contribution in [-0.2, 0) is 6.42 Å².